The van der Waals surface area contributed by atoms with Gasteiger partial charge < -0.3 is 19.8 Å². The van der Waals surface area contributed by atoms with Crippen molar-refractivity contribution in [1.29, 1.82) is 0 Å². The molecule has 0 bridgehead atoms. The highest BCUT2D eigenvalue weighted by Crippen LogP contribution is 2.25. The minimum Gasteiger partial charge on any atom is -0.406 e. The molecule has 0 saturated heterocycles. The first-order valence-electron chi connectivity index (χ1n) is 8.49. The number of hydrogen-bond acceptors (Lipinski definition) is 6. The highest BCUT2D eigenvalue weighted by Gasteiger charge is 2.16. The van der Waals surface area contributed by atoms with Crippen LogP contribution in [0.4, 0.5) is 4.79 Å². The summed E-state index contributed by atoms with van der Waals surface area (Å²) in [5, 5.41) is 3.29. The number of methoxy groups -OCH3 is 1. The van der Waals surface area contributed by atoms with Gasteiger partial charge in [-0.05, 0) is 25.1 Å². The quantitative estimate of drug-likeness (QED) is 0.533. The minimum absolute atomic E-state index is 0.187. The van der Waals surface area contributed by atoms with Gasteiger partial charge in [-0.25, -0.2) is 19.7 Å². The number of aromatic amines is 1. The smallest absolute Gasteiger partial charge is 0.406 e. The Morgan fingerprint density at radius 2 is 2.25 bits per heavy atom. The first-order chi connectivity index (χ1) is 13.5. The predicted molar refractivity (Wildman–Crippen MR) is 104 cm³/mol. The van der Waals surface area contributed by atoms with Crippen LogP contribution in [0.3, 0.4) is 0 Å². The summed E-state index contributed by atoms with van der Waals surface area (Å²) in [7, 11) is 1.56. The Morgan fingerprint density at radius 3 is 3.07 bits per heavy atom. The van der Waals surface area contributed by atoms with Crippen molar-refractivity contribution in [1.82, 2.24) is 29.8 Å². The molecule has 9 nitrogen and oxygen atoms in total. The number of ether oxygens (including phenoxy) is 2. The van der Waals surface area contributed by atoms with Gasteiger partial charge in [0.2, 0.25) is 0 Å². The molecule has 2 N–H and O–H groups in total. The highest BCUT2D eigenvalue weighted by atomic mass is 35.5. The zero-order valence-corrected chi connectivity index (χ0v) is 15.9. The van der Waals surface area contributed by atoms with E-state index in [1.807, 2.05) is 13.0 Å². The highest BCUT2D eigenvalue weighted by molar-refractivity contribution is 6.31. The number of nitrogens with one attached hydrogen (secondary N) is 2. The SMILES string of the molecule is COC[C@H](C)NC(=O)Oc1c[nH]c2ncc(-n3cnc4cc(Cl)ccc43)nc12. The van der Waals surface area contributed by atoms with Crippen molar-refractivity contribution >= 4 is 39.9 Å². The number of halogens is 1. The van der Waals surface area contributed by atoms with E-state index in [0.717, 1.165) is 11.0 Å². The van der Waals surface area contributed by atoms with Crippen molar-refractivity contribution in [2.75, 3.05) is 13.7 Å². The summed E-state index contributed by atoms with van der Waals surface area (Å²) >= 11 is 6.02. The van der Waals surface area contributed by atoms with E-state index in [9.17, 15) is 4.79 Å². The Labute approximate surface area is 164 Å². The summed E-state index contributed by atoms with van der Waals surface area (Å²) in [5.74, 6) is 0.814. The number of benzene rings is 1. The zero-order valence-electron chi connectivity index (χ0n) is 15.1. The van der Waals surface area contributed by atoms with Crippen LogP contribution in [0, 0.1) is 0 Å². The number of rotatable bonds is 5. The molecule has 144 valence electrons. The maximum Gasteiger partial charge on any atom is 0.413 e. The molecule has 0 saturated carbocycles. The molecule has 28 heavy (non-hydrogen) atoms. The van der Waals surface area contributed by atoms with E-state index in [4.69, 9.17) is 21.1 Å². The average Bonchev–Trinajstić information content (AvgIpc) is 3.25. The second kappa shape index (κ2) is 7.45. The predicted octanol–water partition coefficient (Wildman–Crippen LogP) is 3.07. The summed E-state index contributed by atoms with van der Waals surface area (Å²) < 4.78 is 12.2. The Morgan fingerprint density at radius 1 is 1.39 bits per heavy atom. The van der Waals surface area contributed by atoms with Crippen LogP contribution in [0.5, 0.6) is 5.75 Å². The fourth-order valence-electron chi connectivity index (χ4n) is 2.84. The topological polar surface area (TPSA) is 107 Å². The Bertz CT molecular complexity index is 1150. The molecule has 0 spiro atoms. The maximum absolute atomic E-state index is 12.1. The Kier molecular flexibility index (Phi) is 4.84. The van der Waals surface area contributed by atoms with Gasteiger partial charge in [0.25, 0.3) is 0 Å². The molecule has 1 aromatic carbocycles. The van der Waals surface area contributed by atoms with E-state index in [0.29, 0.717) is 28.6 Å². The minimum atomic E-state index is -0.597. The van der Waals surface area contributed by atoms with Crippen LogP contribution in [0.1, 0.15) is 6.92 Å². The van der Waals surface area contributed by atoms with E-state index < -0.39 is 6.09 Å². The van der Waals surface area contributed by atoms with Crippen molar-refractivity contribution in [3.63, 3.8) is 0 Å². The molecule has 3 aromatic heterocycles. The second-order valence-electron chi connectivity index (χ2n) is 6.22. The van der Waals surface area contributed by atoms with Crippen LogP contribution >= 0.6 is 11.6 Å². The Hall–Kier alpha value is -3.17. The van der Waals surface area contributed by atoms with Crippen LogP contribution in [-0.4, -0.2) is 50.4 Å². The normalized spacial score (nSPS) is 12.4. The number of aromatic nitrogens is 5. The lowest BCUT2D eigenvalue weighted by Crippen LogP contribution is -2.37. The summed E-state index contributed by atoms with van der Waals surface area (Å²) in [6, 6.07) is 5.23. The molecular formula is C18H17ClN6O3. The molecule has 1 atom stereocenters. The summed E-state index contributed by atoms with van der Waals surface area (Å²) in [5.41, 5.74) is 2.51. The number of amides is 1. The first kappa shape index (κ1) is 18.2. The second-order valence-corrected chi connectivity index (χ2v) is 6.65. The van der Waals surface area contributed by atoms with Crippen molar-refractivity contribution in [3.8, 4) is 11.6 Å². The average molecular weight is 401 g/mol. The molecule has 10 heteroatoms. The van der Waals surface area contributed by atoms with Gasteiger partial charge in [-0.2, -0.15) is 0 Å². The van der Waals surface area contributed by atoms with E-state index in [1.165, 1.54) is 0 Å². The zero-order chi connectivity index (χ0) is 19.7. The van der Waals surface area contributed by atoms with Gasteiger partial charge in [0, 0.05) is 18.3 Å². The summed E-state index contributed by atoms with van der Waals surface area (Å²) in [6.45, 7) is 2.19. The van der Waals surface area contributed by atoms with Gasteiger partial charge in [0.05, 0.1) is 29.9 Å². The molecule has 0 aliphatic carbocycles. The van der Waals surface area contributed by atoms with Gasteiger partial charge in [0.15, 0.2) is 22.7 Å². The maximum atomic E-state index is 12.1. The number of carbonyl (C=O) groups is 1. The number of hydrogen-bond donors (Lipinski definition) is 2. The van der Waals surface area contributed by atoms with Crippen LogP contribution in [0.2, 0.25) is 5.02 Å². The lowest BCUT2D eigenvalue weighted by atomic mass is 10.3. The molecule has 0 unspecified atom stereocenters. The van der Waals surface area contributed by atoms with Gasteiger partial charge in [-0.3, -0.25) is 4.57 Å². The first-order valence-corrected chi connectivity index (χ1v) is 8.87. The fourth-order valence-corrected chi connectivity index (χ4v) is 3.01. The number of H-pyrrole nitrogens is 1. The van der Waals surface area contributed by atoms with Crippen LogP contribution in [0.25, 0.3) is 28.0 Å². The van der Waals surface area contributed by atoms with Crippen LogP contribution in [0.15, 0.2) is 36.9 Å². The monoisotopic (exact) mass is 400 g/mol. The molecule has 1 amide bonds. The molecule has 0 aliphatic rings. The number of nitrogens with zero attached hydrogens (tertiary/aromatic N) is 4. The Balaban J connectivity index is 1.65. The third-order valence-corrected chi connectivity index (χ3v) is 4.31. The molecule has 4 aromatic rings. The van der Waals surface area contributed by atoms with Gasteiger partial charge in [-0.1, -0.05) is 11.6 Å². The van der Waals surface area contributed by atoms with Gasteiger partial charge >= 0.3 is 6.09 Å². The molecule has 4 rings (SSSR count). The van der Waals surface area contributed by atoms with Crippen molar-refractivity contribution in [3.05, 3.63) is 41.9 Å². The largest absolute Gasteiger partial charge is 0.413 e. The lowest BCUT2D eigenvalue weighted by molar-refractivity contribution is 0.159. The molecular weight excluding hydrogens is 384 g/mol. The van der Waals surface area contributed by atoms with E-state index in [1.54, 1.807) is 42.5 Å². The van der Waals surface area contributed by atoms with Crippen LogP contribution < -0.4 is 10.1 Å². The number of fused-ring (bicyclic) bond motifs is 2. The van der Waals surface area contributed by atoms with E-state index in [2.05, 4.69) is 25.3 Å². The fraction of sp³-hybridized carbons (Fsp3) is 0.222. The standard InChI is InChI=1S/C18H17ClN6O3/c1-10(8-27-2)23-18(26)28-14-6-20-17-16(14)24-15(7-21-17)25-9-22-12-5-11(19)3-4-13(12)25/h3-7,9-10H,8H2,1-2H3,(H,20,21)(H,23,26)/t10-/m0/s1. The summed E-state index contributed by atoms with van der Waals surface area (Å²) in [4.78, 5) is 28.3. The van der Waals surface area contributed by atoms with Crippen molar-refractivity contribution in [2.24, 2.45) is 0 Å². The van der Waals surface area contributed by atoms with Crippen molar-refractivity contribution in [2.45, 2.75) is 13.0 Å². The molecule has 3 heterocycles. The number of carbonyl (C=O) groups excluding carboxylic acids is 1. The van der Waals surface area contributed by atoms with Gasteiger partial charge in [0.1, 0.15) is 6.33 Å². The molecule has 0 aliphatic heterocycles. The van der Waals surface area contributed by atoms with Crippen LogP contribution in [-0.2, 0) is 4.74 Å². The van der Waals surface area contributed by atoms with Gasteiger partial charge in [-0.15, -0.1) is 0 Å². The third kappa shape index (κ3) is 3.49. The summed E-state index contributed by atoms with van der Waals surface area (Å²) in [6.07, 6.45) is 4.20. The lowest BCUT2D eigenvalue weighted by Gasteiger charge is -2.12. The number of imidazole rings is 1. The third-order valence-electron chi connectivity index (χ3n) is 4.07. The van der Waals surface area contributed by atoms with E-state index >= 15 is 0 Å². The van der Waals surface area contributed by atoms with Crippen molar-refractivity contribution < 1.29 is 14.3 Å². The molecule has 0 radical (unpaired) electrons. The molecule has 0 fully saturated rings. The van der Waals surface area contributed by atoms with E-state index in [-0.39, 0.29) is 11.8 Å².